The third-order valence-corrected chi connectivity index (χ3v) is 4.95. The summed E-state index contributed by atoms with van der Waals surface area (Å²) in [6, 6.07) is 7.39. The highest BCUT2D eigenvalue weighted by atomic mass is 79.9. The smallest absolute Gasteiger partial charge is 0.216 e. The second-order valence-corrected chi connectivity index (χ2v) is 7.32. The Labute approximate surface area is 151 Å². The van der Waals surface area contributed by atoms with Gasteiger partial charge in [-0.2, -0.15) is 14.9 Å². The number of benzene rings is 1. The third kappa shape index (κ3) is 3.07. The van der Waals surface area contributed by atoms with E-state index in [-0.39, 0.29) is 5.75 Å². The predicted octanol–water partition coefficient (Wildman–Crippen LogP) is 4.78. The van der Waals surface area contributed by atoms with Gasteiger partial charge < -0.3 is 5.11 Å². The van der Waals surface area contributed by atoms with Crippen molar-refractivity contribution in [3.63, 3.8) is 0 Å². The van der Waals surface area contributed by atoms with E-state index in [4.69, 9.17) is 12.2 Å². The molecule has 22 heavy (non-hydrogen) atoms. The molecule has 9 heteroatoms. The summed E-state index contributed by atoms with van der Waals surface area (Å²) in [7, 11) is 0. The monoisotopic (exact) mass is 458 g/mol. The van der Waals surface area contributed by atoms with Crippen molar-refractivity contribution in [3.8, 4) is 16.5 Å². The molecule has 5 nitrogen and oxygen atoms in total. The van der Waals surface area contributed by atoms with Crippen molar-refractivity contribution >= 4 is 61.6 Å². The zero-order chi connectivity index (χ0) is 15.7. The van der Waals surface area contributed by atoms with Crippen LogP contribution >= 0.6 is 55.4 Å². The van der Waals surface area contributed by atoms with Crippen molar-refractivity contribution < 1.29 is 5.11 Å². The first kappa shape index (κ1) is 15.6. The van der Waals surface area contributed by atoms with E-state index < -0.39 is 0 Å². The van der Waals surface area contributed by atoms with Crippen molar-refractivity contribution in [1.82, 2.24) is 14.9 Å². The van der Waals surface area contributed by atoms with Crippen LogP contribution in [0.5, 0.6) is 5.75 Å². The summed E-state index contributed by atoms with van der Waals surface area (Å²) in [5, 5.41) is 23.3. The fourth-order valence-corrected chi connectivity index (χ4v) is 3.90. The normalized spacial score (nSPS) is 11.4. The van der Waals surface area contributed by atoms with Gasteiger partial charge in [0.25, 0.3) is 0 Å². The maximum absolute atomic E-state index is 10.1. The molecule has 0 radical (unpaired) electrons. The van der Waals surface area contributed by atoms with Gasteiger partial charge in [0.2, 0.25) is 4.77 Å². The molecule has 1 aromatic carbocycles. The number of halogens is 2. The third-order valence-electron chi connectivity index (χ3n) is 2.76. The number of nitrogens with one attached hydrogen (secondary N) is 1. The Morgan fingerprint density at radius 1 is 1.41 bits per heavy atom. The lowest BCUT2D eigenvalue weighted by Crippen LogP contribution is -1.94. The molecule has 2 N–H and O–H groups in total. The second kappa shape index (κ2) is 6.45. The molecule has 112 valence electrons. The fourth-order valence-electron chi connectivity index (χ4n) is 1.77. The van der Waals surface area contributed by atoms with Gasteiger partial charge in [-0.15, -0.1) is 11.3 Å². The number of rotatable bonds is 3. The number of aromatic hydroxyl groups is 1. The molecule has 0 aliphatic rings. The number of aromatic nitrogens is 3. The van der Waals surface area contributed by atoms with Crippen molar-refractivity contribution in [2.24, 2.45) is 5.10 Å². The summed E-state index contributed by atoms with van der Waals surface area (Å²) in [4.78, 5) is 0.948. The average molecular weight is 460 g/mol. The molecule has 3 aromatic rings. The molecular weight excluding hydrogens is 452 g/mol. The van der Waals surface area contributed by atoms with Crippen LogP contribution in [0.15, 0.2) is 43.7 Å². The number of H-pyrrole nitrogens is 1. The minimum Gasteiger partial charge on any atom is -0.506 e. The number of aromatic amines is 1. The molecule has 2 aromatic heterocycles. The topological polar surface area (TPSA) is 66.2 Å². The number of thiophene rings is 1. The lowest BCUT2D eigenvalue weighted by atomic mass is 10.2. The molecule has 0 saturated heterocycles. The lowest BCUT2D eigenvalue weighted by molar-refractivity contribution is 0.471. The van der Waals surface area contributed by atoms with Gasteiger partial charge in [-0.3, -0.25) is 0 Å². The van der Waals surface area contributed by atoms with Crippen LogP contribution in [0.3, 0.4) is 0 Å². The van der Waals surface area contributed by atoms with Gasteiger partial charge in [-0.25, -0.2) is 5.10 Å². The number of nitrogens with zero attached hydrogens (tertiary/aromatic N) is 3. The molecule has 0 unspecified atom stereocenters. The van der Waals surface area contributed by atoms with Gasteiger partial charge in [-0.05, 0) is 51.7 Å². The van der Waals surface area contributed by atoms with Crippen LogP contribution in [0.4, 0.5) is 0 Å². The van der Waals surface area contributed by atoms with Crippen LogP contribution in [0.2, 0.25) is 0 Å². The zero-order valence-electron chi connectivity index (χ0n) is 10.8. The van der Waals surface area contributed by atoms with Crippen LogP contribution in [0, 0.1) is 4.77 Å². The van der Waals surface area contributed by atoms with E-state index in [0.29, 0.717) is 20.6 Å². The second-order valence-electron chi connectivity index (χ2n) is 4.21. The maximum atomic E-state index is 10.1. The van der Waals surface area contributed by atoms with Crippen LogP contribution in [-0.4, -0.2) is 26.2 Å². The first-order chi connectivity index (χ1) is 10.6. The van der Waals surface area contributed by atoms with Gasteiger partial charge in [-0.1, -0.05) is 22.0 Å². The van der Waals surface area contributed by atoms with E-state index in [2.05, 4.69) is 47.2 Å². The van der Waals surface area contributed by atoms with E-state index in [1.807, 2.05) is 17.5 Å². The van der Waals surface area contributed by atoms with E-state index in [1.165, 1.54) is 10.9 Å². The molecule has 3 rings (SSSR count). The minimum absolute atomic E-state index is 0.111. The molecule has 0 aliphatic heterocycles. The van der Waals surface area contributed by atoms with Gasteiger partial charge in [0, 0.05) is 10.0 Å². The molecule has 0 aliphatic carbocycles. The summed E-state index contributed by atoms with van der Waals surface area (Å²) in [6.45, 7) is 0. The lowest BCUT2D eigenvalue weighted by Gasteiger charge is -2.03. The zero-order valence-corrected chi connectivity index (χ0v) is 15.6. The summed E-state index contributed by atoms with van der Waals surface area (Å²) in [6.07, 6.45) is 1.54. The van der Waals surface area contributed by atoms with E-state index in [1.54, 1.807) is 23.5 Å². The largest absolute Gasteiger partial charge is 0.506 e. The van der Waals surface area contributed by atoms with E-state index >= 15 is 0 Å². The first-order valence-corrected chi connectivity index (χ1v) is 8.87. The Morgan fingerprint density at radius 3 is 2.95 bits per heavy atom. The molecule has 0 amide bonds. The SMILES string of the molecule is Oc1c(Br)cc(Br)cc1/C=N/n1c(-c2cccs2)n[nH]c1=S. The molecule has 0 bridgehead atoms. The van der Waals surface area contributed by atoms with Crippen LogP contribution in [0.1, 0.15) is 5.56 Å². The predicted molar refractivity (Wildman–Crippen MR) is 97.2 cm³/mol. The quantitative estimate of drug-likeness (QED) is 0.437. The van der Waals surface area contributed by atoms with Crippen LogP contribution < -0.4 is 0 Å². The van der Waals surface area contributed by atoms with E-state index in [0.717, 1.165) is 9.35 Å². The Balaban J connectivity index is 2.04. The Bertz CT molecular complexity index is 899. The summed E-state index contributed by atoms with van der Waals surface area (Å²) in [5.74, 6) is 0.740. The molecule has 0 fully saturated rings. The number of hydrogen-bond acceptors (Lipinski definition) is 5. The highest BCUT2D eigenvalue weighted by Gasteiger charge is 2.10. The summed E-state index contributed by atoms with van der Waals surface area (Å²) < 4.78 is 3.31. The fraction of sp³-hybridized carbons (Fsp3) is 0. The maximum Gasteiger partial charge on any atom is 0.216 e. The Hall–Kier alpha value is -1.29. The summed E-state index contributed by atoms with van der Waals surface area (Å²) >= 11 is 13.4. The van der Waals surface area contributed by atoms with Crippen LogP contribution in [0.25, 0.3) is 10.7 Å². The summed E-state index contributed by atoms with van der Waals surface area (Å²) in [5.41, 5.74) is 0.557. The van der Waals surface area contributed by atoms with Crippen molar-refractivity contribution in [1.29, 1.82) is 0 Å². The molecule has 0 spiro atoms. The number of hydrogen-bond donors (Lipinski definition) is 2. The van der Waals surface area contributed by atoms with Crippen molar-refractivity contribution in [2.45, 2.75) is 0 Å². The first-order valence-electron chi connectivity index (χ1n) is 6.00. The standard InChI is InChI=1S/C13H8Br2N4OS2/c14-8-4-7(11(20)9(15)5-8)6-16-19-12(17-18-13(19)21)10-2-1-3-22-10/h1-6,20H,(H,18,21)/b16-6+. The highest BCUT2D eigenvalue weighted by Crippen LogP contribution is 2.30. The van der Waals surface area contributed by atoms with Crippen molar-refractivity contribution in [2.75, 3.05) is 0 Å². The highest BCUT2D eigenvalue weighted by molar-refractivity contribution is 9.11. The van der Waals surface area contributed by atoms with E-state index in [9.17, 15) is 5.11 Å². The molecule has 0 saturated carbocycles. The molecule has 2 heterocycles. The molecule has 0 atom stereocenters. The molecular formula is C13H8Br2N4OS2. The van der Waals surface area contributed by atoms with Gasteiger partial charge in [0.05, 0.1) is 15.6 Å². The van der Waals surface area contributed by atoms with Gasteiger partial charge in [0.15, 0.2) is 5.82 Å². The minimum atomic E-state index is 0.111. The van der Waals surface area contributed by atoms with Gasteiger partial charge >= 0.3 is 0 Å². The Morgan fingerprint density at radius 2 is 2.23 bits per heavy atom. The number of phenols is 1. The van der Waals surface area contributed by atoms with Gasteiger partial charge in [0.1, 0.15) is 5.75 Å². The van der Waals surface area contributed by atoms with Crippen molar-refractivity contribution in [3.05, 3.63) is 48.9 Å². The number of phenolic OH excluding ortho intramolecular Hbond substituents is 1. The average Bonchev–Trinajstić information content (AvgIpc) is 3.11. The van der Waals surface area contributed by atoms with Crippen LogP contribution in [-0.2, 0) is 0 Å². The Kier molecular flexibility index (Phi) is 4.57.